The van der Waals surface area contributed by atoms with Gasteiger partial charge >= 0.3 is 0 Å². The molecule has 9 heteroatoms. The van der Waals surface area contributed by atoms with Gasteiger partial charge in [-0.05, 0) is 80.6 Å². The highest BCUT2D eigenvalue weighted by atomic mass is 35.5. The van der Waals surface area contributed by atoms with Crippen LogP contribution in [0.15, 0.2) is 71.6 Å². The number of amides is 2. The van der Waals surface area contributed by atoms with Crippen molar-refractivity contribution in [1.82, 2.24) is 10.2 Å². The number of aryl methyl sites for hydroxylation is 2. The number of nitrogens with zero attached hydrogens (tertiary/aromatic N) is 2. The Bertz CT molecular complexity index is 1440. The van der Waals surface area contributed by atoms with Crippen molar-refractivity contribution in [3.05, 3.63) is 94.0 Å². The van der Waals surface area contributed by atoms with Crippen molar-refractivity contribution in [3.8, 4) is 0 Å². The summed E-state index contributed by atoms with van der Waals surface area (Å²) in [6.07, 6.45) is 2.11. The minimum absolute atomic E-state index is 0.0883. The highest BCUT2D eigenvalue weighted by Gasteiger charge is 2.34. The van der Waals surface area contributed by atoms with E-state index in [1.54, 1.807) is 60.7 Å². The van der Waals surface area contributed by atoms with Crippen LogP contribution in [0.25, 0.3) is 0 Å². The van der Waals surface area contributed by atoms with Gasteiger partial charge in [0.2, 0.25) is 11.8 Å². The minimum Gasteiger partial charge on any atom is -0.354 e. The number of hydrogen-bond acceptors (Lipinski definition) is 4. The summed E-state index contributed by atoms with van der Waals surface area (Å²) in [5.41, 5.74) is 3.78. The number of rotatable bonds is 13. The van der Waals surface area contributed by atoms with Gasteiger partial charge in [0.05, 0.1) is 10.6 Å². The highest BCUT2D eigenvalue weighted by Crippen LogP contribution is 2.29. The van der Waals surface area contributed by atoms with Crippen molar-refractivity contribution in [2.24, 2.45) is 0 Å². The van der Waals surface area contributed by atoms with E-state index in [0.717, 1.165) is 35.1 Å². The predicted octanol–water partition coefficient (Wildman–Crippen LogP) is 6.18. The first kappa shape index (κ1) is 32.2. The third kappa shape index (κ3) is 8.11. The Morgan fingerprint density at radius 3 is 2.20 bits per heavy atom. The van der Waals surface area contributed by atoms with Gasteiger partial charge < -0.3 is 10.2 Å². The maximum absolute atomic E-state index is 14.2. The number of carbonyl (C=O) groups excluding carboxylic acids is 2. The molecule has 0 fully saturated rings. The lowest BCUT2D eigenvalue weighted by Crippen LogP contribution is -2.52. The van der Waals surface area contributed by atoms with Crippen LogP contribution in [0.3, 0.4) is 0 Å². The lowest BCUT2D eigenvalue weighted by Gasteiger charge is -2.33. The Morgan fingerprint density at radius 2 is 1.59 bits per heavy atom. The molecule has 0 radical (unpaired) electrons. The quantitative estimate of drug-likeness (QED) is 0.238. The van der Waals surface area contributed by atoms with Crippen molar-refractivity contribution >= 4 is 39.1 Å². The van der Waals surface area contributed by atoms with Crippen LogP contribution in [0.2, 0.25) is 5.02 Å². The second-order valence-electron chi connectivity index (χ2n) is 10.3. The third-order valence-electron chi connectivity index (χ3n) is 7.21. The zero-order chi connectivity index (χ0) is 30.2. The summed E-state index contributed by atoms with van der Waals surface area (Å²) in [6.45, 7) is 9.67. The molecule has 0 spiro atoms. The molecule has 1 atom stereocenters. The van der Waals surface area contributed by atoms with Crippen LogP contribution >= 0.6 is 11.6 Å². The molecular formula is C32H40ClN3O4S. The summed E-state index contributed by atoms with van der Waals surface area (Å²) in [5.74, 6) is -0.739. The fourth-order valence-corrected chi connectivity index (χ4v) is 6.17. The van der Waals surface area contributed by atoms with Crippen LogP contribution in [-0.4, -0.2) is 44.3 Å². The third-order valence-corrected chi connectivity index (χ3v) is 9.24. The molecule has 0 aliphatic heterocycles. The summed E-state index contributed by atoms with van der Waals surface area (Å²) < 4.78 is 29.3. The second-order valence-corrected chi connectivity index (χ2v) is 12.6. The number of benzene rings is 3. The van der Waals surface area contributed by atoms with Crippen molar-refractivity contribution < 1.29 is 18.0 Å². The zero-order valence-corrected chi connectivity index (χ0v) is 26.1. The van der Waals surface area contributed by atoms with Crippen molar-refractivity contribution in [1.29, 1.82) is 0 Å². The standard InChI is InChI=1S/C32H40ClN3O4S/c1-6-8-20-34-32(38)29(7-2)35(21-26-14-16-27(33)17-15-26)31(37)22-36(30-11-9-10-24(4)25(30)5)41(39,40)28-18-12-23(3)13-19-28/h9-19,29H,6-8,20-22H2,1-5H3,(H,34,38)/t29-/m0/s1. The van der Waals surface area contributed by atoms with Crippen LogP contribution in [0, 0.1) is 20.8 Å². The molecule has 3 rings (SSSR count). The number of carbonyl (C=O) groups is 2. The SMILES string of the molecule is CCCCNC(=O)[C@H](CC)N(Cc1ccc(Cl)cc1)C(=O)CN(c1cccc(C)c1C)S(=O)(=O)c1ccc(C)cc1. The van der Waals surface area contributed by atoms with E-state index in [0.29, 0.717) is 23.7 Å². The van der Waals surface area contributed by atoms with E-state index in [9.17, 15) is 18.0 Å². The van der Waals surface area contributed by atoms with Crippen LogP contribution in [-0.2, 0) is 26.2 Å². The molecule has 0 unspecified atom stereocenters. The molecule has 3 aromatic rings. The van der Waals surface area contributed by atoms with Gasteiger partial charge in [-0.3, -0.25) is 13.9 Å². The van der Waals surface area contributed by atoms with E-state index in [1.807, 2.05) is 40.7 Å². The molecule has 220 valence electrons. The molecule has 2 amide bonds. The van der Waals surface area contributed by atoms with Gasteiger partial charge in [0.25, 0.3) is 10.0 Å². The number of halogens is 1. The van der Waals surface area contributed by atoms with Crippen molar-refractivity contribution in [2.75, 3.05) is 17.4 Å². The molecule has 0 saturated carbocycles. The fraction of sp³-hybridized carbons (Fsp3) is 0.375. The second kappa shape index (κ2) is 14.5. The Kier molecular flexibility index (Phi) is 11.4. The molecule has 0 aromatic heterocycles. The predicted molar refractivity (Wildman–Crippen MR) is 166 cm³/mol. The summed E-state index contributed by atoms with van der Waals surface area (Å²) in [4.78, 5) is 29.0. The van der Waals surface area contributed by atoms with Crippen LogP contribution in [0.1, 0.15) is 55.4 Å². The Morgan fingerprint density at radius 1 is 0.927 bits per heavy atom. The molecule has 0 heterocycles. The van der Waals surface area contributed by atoms with E-state index >= 15 is 0 Å². The number of anilines is 1. The Hall–Kier alpha value is -3.36. The number of hydrogen-bond donors (Lipinski definition) is 1. The first-order chi connectivity index (χ1) is 19.5. The van der Waals surface area contributed by atoms with Gasteiger partial charge in [-0.15, -0.1) is 0 Å². The van der Waals surface area contributed by atoms with Gasteiger partial charge in [0, 0.05) is 18.1 Å². The van der Waals surface area contributed by atoms with Crippen LogP contribution < -0.4 is 9.62 Å². The summed E-state index contributed by atoms with van der Waals surface area (Å²) in [5, 5.41) is 3.50. The van der Waals surface area contributed by atoms with Gasteiger partial charge in [-0.1, -0.05) is 73.8 Å². The Balaban J connectivity index is 2.07. The van der Waals surface area contributed by atoms with Gasteiger partial charge in [-0.2, -0.15) is 0 Å². The summed E-state index contributed by atoms with van der Waals surface area (Å²) >= 11 is 6.09. The molecule has 3 aromatic carbocycles. The van der Waals surface area contributed by atoms with Crippen molar-refractivity contribution in [3.63, 3.8) is 0 Å². The smallest absolute Gasteiger partial charge is 0.264 e. The maximum atomic E-state index is 14.2. The monoisotopic (exact) mass is 597 g/mol. The average molecular weight is 598 g/mol. The maximum Gasteiger partial charge on any atom is 0.264 e. The molecule has 0 bridgehead atoms. The minimum atomic E-state index is -4.12. The van der Waals surface area contributed by atoms with E-state index < -0.39 is 28.5 Å². The van der Waals surface area contributed by atoms with Gasteiger partial charge in [0.1, 0.15) is 12.6 Å². The van der Waals surface area contributed by atoms with Crippen molar-refractivity contribution in [2.45, 2.75) is 71.4 Å². The number of sulfonamides is 1. The molecule has 0 aliphatic carbocycles. The largest absolute Gasteiger partial charge is 0.354 e. The van der Waals surface area contributed by atoms with E-state index in [1.165, 1.54) is 9.21 Å². The Labute approximate surface area is 249 Å². The van der Waals surface area contributed by atoms with E-state index in [-0.39, 0.29) is 17.3 Å². The van der Waals surface area contributed by atoms with Gasteiger partial charge in [-0.25, -0.2) is 8.42 Å². The molecule has 0 aliphatic rings. The normalized spacial score (nSPS) is 12.0. The molecule has 7 nitrogen and oxygen atoms in total. The van der Waals surface area contributed by atoms with Crippen LogP contribution in [0.4, 0.5) is 5.69 Å². The van der Waals surface area contributed by atoms with E-state index in [4.69, 9.17) is 11.6 Å². The zero-order valence-electron chi connectivity index (χ0n) is 24.5. The first-order valence-electron chi connectivity index (χ1n) is 14.0. The van der Waals surface area contributed by atoms with Crippen LogP contribution in [0.5, 0.6) is 0 Å². The molecule has 1 N–H and O–H groups in total. The molecule has 41 heavy (non-hydrogen) atoms. The fourth-order valence-electron chi connectivity index (χ4n) is 4.57. The topological polar surface area (TPSA) is 86.8 Å². The lowest BCUT2D eigenvalue weighted by atomic mass is 10.1. The number of unbranched alkanes of at least 4 members (excludes halogenated alkanes) is 1. The summed E-state index contributed by atoms with van der Waals surface area (Å²) in [7, 11) is -4.12. The first-order valence-corrected chi connectivity index (χ1v) is 15.8. The van der Waals surface area contributed by atoms with E-state index in [2.05, 4.69) is 5.32 Å². The molecule has 0 saturated heterocycles. The summed E-state index contributed by atoms with van der Waals surface area (Å²) in [6, 6.07) is 18.2. The highest BCUT2D eigenvalue weighted by molar-refractivity contribution is 7.92. The average Bonchev–Trinajstić information content (AvgIpc) is 2.94. The van der Waals surface area contributed by atoms with Gasteiger partial charge in [0.15, 0.2) is 0 Å². The number of nitrogens with one attached hydrogen (secondary N) is 1. The molecular weight excluding hydrogens is 558 g/mol. The lowest BCUT2D eigenvalue weighted by molar-refractivity contribution is -0.140.